The molecule has 0 aliphatic rings. The van der Waals surface area contributed by atoms with E-state index in [1.807, 2.05) is 42.6 Å². The van der Waals surface area contributed by atoms with Crippen LogP contribution in [0.15, 0.2) is 54.9 Å². The van der Waals surface area contributed by atoms with Gasteiger partial charge in [0.25, 0.3) is 0 Å². The van der Waals surface area contributed by atoms with Gasteiger partial charge in [-0.25, -0.2) is 4.52 Å². The number of fused-ring (bicyclic) bond motifs is 1. The monoisotopic (exact) mass is 264 g/mol. The number of carbonyl (C=O) groups is 1. The van der Waals surface area contributed by atoms with Gasteiger partial charge in [-0.2, -0.15) is 5.10 Å². The molecule has 1 aromatic carbocycles. The summed E-state index contributed by atoms with van der Waals surface area (Å²) in [6, 6.07) is 13.6. The molecule has 0 amide bonds. The van der Waals surface area contributed by atoms with Crippen LogP contribution in [0.25, 0.3) is 5.52 Å². The van der Waals surface area contributed by atoms with Crippen molar-refractivity contribution in [2.24, 2.45) is 0 Å². The van der Waals surface area contributed by atoms with E-state index in [0.717, 1.165) is 23.9 Å². The van der Waals surface area contributed by atoms with Gasteiger partial charge in [-0.05, 0) is 30.2 Å². The van der Waals surface area contributed by atoms with E-state index in [1.54, 1.807) is 10.7 Å². The Hall–Kier alpha value is -2.42. The maximum Gasteiger partial charge on any atom is 0.196 e. The highest BCUT2D eigenvalue weighted by Gasteiger charge is 2.14. The summed E-state index contributed by atoms with van der Waals surface area (Å²) in [6.07, 6.45) is 5.56. The van der Waals surface area contributed by atoms with Crippen molar-refractivity contribution in [2.45, 2.75) is 19.8 Å². The third-order valence-corrected chi connectivity index (χ3v) is 3.40. The predicted octanol–water partition coefficient (Wildman–Crippen LogP) is 3.52. The van der Waals surface area contributed by atoms with Crippen molar-refractivity contribution in [3.63, 3.8) is 0 Å². The fraction of sp³-hybridized carbons (Fsp3) is 0.176. The van der Waals surface area contributed by atoms with Crippen LogP contribution in [-0.4, -0.2) is 15.4 Å². The molecular formula is C17H16N2O. The lowest BCUT2D eigenvalue weighted by Crippen LogP contribution is -2.01. The van der Waals surface area contributed by atoms with E-state index in [2.05, 4.69) is 18.1 Å². The number of pyridine rings is 1. The average molecular weight is 264 g/mol. The molecule has 0 aliphatic heterocycles. The number of rotatable bonds is 4. The zero-order valence-electron chi connectivity index (χ0n) is 11.4. The molecule has 3 nitrogen and oxygen atoms in total. The van der Waals surface area contributed by atoms with Crippen molar-refractivity contribution in [2.75, 3.05) is 0 Å². The number of hydrogen-bond acceptors (Lipinski definition) is 2. The first-order valence-electron chi connectivity index (χ1n) is 6.85. The molecule has 3 heteroatoms. The normalized spacial score (nSPS) is 10.8. The topological polar surface area (TPSA) is 34.4 Å². The molecule has 2 heterocycles. The van der Waals surface area contributed by atoms with E-state index < -0.39 is 0 Å². The fourth-order valence-electron chi connectivity index (χ4n) is 2.42. The van der Waals surface area contributed by atoms with E-state index >= 15 is 0 Å². The number of hydrogen-bond donors (Lipinski definition) is 0. The van der Waals surface area contributed by atoms with Gasteiger partial charge in [0.1, 0.15) is 0 Å². The molecule has 2 aromatic heterocycles. The van der Waals surface area contributed by atoms with Gasteiger partial charge in [-0.3, -0.25) is 4.79 Å². The lowest BCUT2D eigenvalue weighted by atomic mass is 10.0. The zero-order valence-corrected chi connectivity index (χ0v) is 11.4. The summed E-state index contributed by atoms with van der Waals surface area (Å²) in [5.41, 5.74) is 3.43. The van der Waals surface area contributed by atoms with Gasteiger partial charge in [0.05, 0.1) is 17.3 Å². The molecule has 20 heavy (non-hydrogen) atoms. The van der Waals surface area contributed by atoms with Crippen molar-refractivity contribution in [1.29, 1.82) is 0 Å². The summed E-state index contributed by atoms with van der Waals surface area (Å²) in [5, 5.41) is 4.22. The standard InChI is InChI=1S/C17H16N2O/c1-2-6-13-7-5-8-14(11-13)17(20)15-12-18-19-10-4-3-9-16(15)19/h3-5,7-12H,2,6H2,1H3. The Bertz CT molecular complexity index is 758. The third-order valence-electron chi connectivity index (χ3n) is 3.40. The van der Waals surface area contributed by atoms with Crippen molar-refractivity contribution >= 4 is 11.3 Å². The van der Waals surface area contributed by atoms with Gasteiger partial charge in [0.15, 0.2) is 5.78 Å². The largest absolute Gasteiger partial charge is 0.288 e. The number of nitrogens with zero attached hydrogens (tertiary/aromatic N) is 2. The zero-order chi connectivity index (χ0) is 13.9. The molecule has 3 aromatic rings. The van der Waals surface area contributed by atoms with Gasteiger partial charge in [0.2, 0.25) is 0 Å². The molecule has 0 aliphatic carbocycles. The molecule has 100 valence electrons. The van der Waals surface area contributed by atoms with Crippen molar-refractivity contribution < 1.29 is 4.79 Å². The van der Waals surface area contributed by atoms with Crippen molar-refractivity contribution in [1.82, 2.24) is 9.61 Å². The number of ketones is 1. The number of carbonyl (C=O) groups excluding carboxylic acids is 1. The fourth-order valence-corrected chi connectivity index (χ4v) is 2.42. The summed E-state index contributed by atoms with van der Waals surface area (Å²) >= 11 is 0. The van der Waals surface area contributed by atoms with Crippen LogP contribution in [0.2, 0.25) is 0 Å². The highest BCUT2D eigenvalue weighted by Crippen LogP contribution is 2.17. The van der Waals surface area contributed by atoms with E-state index in [4.69, 9.17) is 0 Å². The SMILES string of the molecule is CCCc1cccc(C(=O)c2cnn3ccccc23)c1. The summed E-state index contributed by atoms with van der Waals surface area (Å²) in [7, 11) is 0. The first kappa shape index (κ1) is 12.6. The Kier molecular flexibility index (Phi) is 3.33. The van der Waals surface area contributed by atoms with Crippen LogP contribution in [-0.2, 0) is 6.42 Å². The summed E-state index contributed by atoms with van der Waals surface area (Å²) < 4.78 is 1.73. The summed E-state index contributed by atoms with van der Waals surface area (Å²) in [6.45, 7) is 2.14. The third kappa shape index (κ3) is 2.23. The van der Waals surface area contributed by atoms with Gasteiger partial charge < -0.3 is 0 Å². The molecule has 0 fully saturated rings. The lowest BCUT2D eigenvalue weighted by molar-refractivity contribution is 0.104. The maximum absolute atomic E-state index is 12.6. The Balaban J connectivity index is 2.02. The number of aromatic nitrogens is 2. The van der Waals surface area contributed by atoms with Crippen LogP contribution in [0.5, 0.6) is 0 Å². The smallest absolute Gasteiger partial charge is 0.196 e. The quantitative estimate of drug-likeness (QED) is 0.676. The Morgan fingerprint density at radius 1 is 1.20 bits per heavy atom. The predicted molar refractivity (Wildman–Crippen MR) is 79.1 cm³/mol. The lowest BCUT2D eigenvalue weighted by Gasteiger charge is -2.03. The molecule has 0 spiro atoms. The minimum absolute atomic E-state index is 0.0316. The van der Waals surface area contributed by atoms with Crippen LogP contribution < -0.4 is 0 Å². The summed E-state index contributed by atoms with van der Waals surface area (Å²) in [4.78, 5) is 12.6. The molecule has 0 saturated carbocycles. The van der Waals surface area contributed by atoms with E-state index in [0.29, 0.717) is 5.56 Å². The minimum Gasteiger partial charge on any atom is -0.288 e. The van der Waals surface area contributed by atoms with Crippen LogP contribution >= 0.6 is 0 Å². The van der Waals surface area contributed by atoms with Crippen molar-refractivity contribution in [3.8, 4) is 0 Å². The first-order chi connectivity index (χ1) is 9.79. The van der Waals surface area contributed by atoms with Gasteiger partial charge in [-0.15, -0.1) is 0 Å². The minimum atomic E-state index is 0.0316. The van der Waals surface area contributed by atoms with Crippen LogP contribution in [0, 0.1) is 0 Å². The maximum atomic E-state index is 12.6. The second-order valence-corrected chi connectivity index (χ2v) is 4.87. The Morgan fingerprint density at radius 2 is 2.10 bits per heavy atom. The molecule has 0 saturated heterocycles. The summed E-state index contributed by atoms with van der Waals surface area (Å²) in [5.74, 6) is 0.0316. The van der Waals surface area contributed by atoms with Gasteiger partial charge in [0, 0.05) is 11.8 Å². The Morgan fingerprint density at radius 3 is 2.95 bits per heavy atom. The second-order valence-electron chi connectivity index (χ2n) is 4.87. The second kappa shape index (κ2) is 5.29. The Labute approximate surface area is 117 Å². The molecule has 0 bridgehead atoms. The van der Waals surface area contributed by atoms with Crippen LogP contribution in [0.4, 0.5) is 0 Å². The van der Waals surface area contributed by atoms with Crippen molar-refractivity contribution in [3.05, 3.63) is 71.5 Å². The van der Waals surface area contributed by atoms with Crippen LogP contribution in [0.1, 0.15) is 34.8 Å². The van der Waals surface area contributed by atoms with Crippen LogP contribution in [0.3, 0.4) is 0 Å². The molecule has 0 atom stereocenters. The number of benzene rings is 1. The van der Waals surface area contributed by atoms with E-state index in [9.17, 15) is 4.79 Å². The molecule has 0 radical (unpaired) electrons. The first-order valence-corrected chi connectivity index (χ1v) is 6.85. The van der Waals surface area contributed by atoms with E-state index in [1.165, 1.54) is 5.56 Å². The average Bonchev–Trinajstić information content (AvgIpc) is 2.91. The van der Waals surface area contributed by atoms with Gasteiger partial charge in [-0.1, -0.05) is 37.6 Å². The van der Waals surface area contributed by atoms with Gasteiger partial charge >= 0.3 is 0 Å². The molecule has 3 rings (SSSR count). The number of aryl methyl sites for hydroxylation is 1. The van der Waals surface area contributed by atoms with E-state index in [-0.39, 0.29) is 5.78 Å². The highest BCUT2D eigenvalue weighted by atomic mass is 16.1. The molecule has 0 unspecified atom stereocenters. The molecule has 0 N–H and O–H groups in total. The molecular weight excluding hydrogens is 248 g/mol. The highest BCUT2D eigenvalue weighted by molar-refractivity contribution is 6.13.